The van der Waals surface area contributed by atoms with Crippen molar-refractivity contribution in [2.24, 2.45) is 13.0 Å². The number of amides is 1. The summed E-state index contributed by atoms with van der Waals surface area (Å²) in [5.41, 5.74) is 5.48. The van der Waals surface area contributed by atoms with Crippen molar-refractivity contribution in [3.63, 3.8) is 0 Å². The molecule has 2 N–H and O–H groups in total. The molecule has 1 fully saturated rings. The van der Waals surface area contributed by atoms with Gasteiger partial charge in [0.05, 0.1) is 24.4 Å². The van der Waals surface area contributed by atoms with Gasteiger partial charge in [-0.25, -0.2) is 0 Å². The van der Waals surface area contributed by atoms with Crippen LogP contribution in [0.2, 0.25) is 0 Å². The first-order chi connectivity index (χ1) is 14.0. The second kappa shape index (κ2) is 8.21. The van der Waals surface area contributed by atoms with E-state index in [2.05, 4.69) is 39.9 Å². The lowest BCUT2D eigenvalue weighted by atomic mass is 9.90. The van der Waals surface area contributed by atoms with E-state index >= 15 is 0 Å². The molecule has 0 spiro atoms. The van der Waals surface area contributed by atoms with E-state index in [1.54, 1.807) is 4.68 Å². The molecule has 0 saturated carbocycles. The highest BCUT2D eigenvalue weighted by atomic mass is 16.1. The molecule has 2 atom stereocenters. The number of aromatic nitrogens is 4. The average Bonchev–Trinajstić information content (AvgIpc) is 3.42. The maximum Gasteiger partial charge on any atom is 0.225 e. The summed E-state index contributed by atoms with van der Waals surface area (Å²) in [6.45, 7) is 6.80. The van der Waals surface area contributed by atoms with Crippen LogP contribution < -0.4 is 10.6 Å². The number of benzene rings is 1. The lowest BCUT2D eigenvalue weighted by Gasteiger charge is -2.17. The van der Waals surface area contributed by atoms with E-state index in [-0.39, 0.29) is 17.7 Å². The van der Waals surface area contributed by atoms with Crippen molar-refractivity contribution in [2.45, 2.75) is 32.9 Å². The third-order valence-corrected chi connectivity index (χ3v) is 5.85. The number of nitrogens with one attached hydrogen (secondary N) is 2. The molecule has 7 heteroatoms. The molecule has 0 unspecified atom stereocenters. The third kappa shape index (κ3) is 4.10. The molecule has 29 heavy (non-hydrogen) atoms. The van der Waals surface area contributed by atoms with E-state index < -0.39 is 0 Å². The molecule has 0 bridgehead atoms. The van der Waals surface area contributed by atoms with Gasteiger partial charge in [-0.05, 0) is 25.0 Å². The minimum Gasteiger partial charge on any atom is -0.352 e. The van der Waals surface area contributed by atoms with Gasteiger partial charge < -0.3 is 10.6 Å². The molecule has 0 aliphatic carbocycles. The maximum absolute atomic E-state index is 12.9. The first-order valence-corrected chi connectivity index (χ1v) is 10.1. The Kier molecular flexibility index (Phi) is 5.49. The van der Waals surface area contributed by atoms with Crippen molar-refractivity contribution in [3.05, 3.63) is 70.8 Å². The summed E-state index contributed by atoms with van der Waals surface area (Å²) in [4.78, 5) is 12.9. The van der Waals surface area contributed by atoms with E-state index in [1.165, 1.54) is 5.56 Å². The van der Waals surface area contributed by atoms with Crippen LogP contribution >= 0.6 is 0 Å². The van der Waals surface area contributed by atoms with Crippen molar-refractivity contribution >= 4 is 5.91 Å². The molecule has 152 valence electrons. The molecule has 0 radical (unpaired) electrons. The molecule has 1 saturated heterocycles. The topological polar surface area (TPSA) is 76.8 Å². The van der Waals surface area contributed by atoms with Crippen molar-refractivity contribution < 1.29 is 4.79 Å². The summed E-state index contributed by atoms with van der Waals surface area (Å²) in [7, 11) is 1.90. The number of carbonyl (C=O) groups is 1. The molecule has 1 aliphatic rings. The fourth-order valence-corrected chi connectivity index (χ4v) is 4.14. The van der Waals surface area contributed by atoms with Crippen LogP contribution in [-0.2, 0) is 24.9 Å². The molecule has 3 heterocycles. The Balaban J connectivity index is 1.43. The predicted molar refractivity (Wildman–Crippen MR) is 111 cm³/mol. The van der Waals surface area contributed by atoms with Gasteiger partial charge in [-0.2, -0.15) is 10.2 Å². The minimum atomic E-state index is -0.0841. The Bertz CT molecular complexity index is 990. The van der Waals surface area contributed by atoms with Gasteiger partial charge in [-0.3, -0.25) is 14.2 Å². The van der Waals surface area contributed by atoms with Crippen LogP contribution in [0, 0.1) is 19.8 Å². The van der Waals surface area contributed by atoms with Crippen LogP contribution in [0.5, 0.6) is 0 Å². The van der Waals surface area contributed by atoms with E-state index in [4.69, 9.17) is 0 Å². The van der Waals surface area contributed by atoms with Crippen LogP contribution in [0.1, 0.15) is 34.0 Å². The van der Waals surface area contributed by atoms with Gasteiger partial charge in [0.25, 0.3) is 0 Å². The van der Waals surface area contributed by atoms with Gasteiger partial charge in [-0.1, -0.05) is 30.3 Å². The summed E-state index contributed by atoms with van der Waals surface area (Å²) in [5.74, 6) is 0.157. The third-order valence-electron chi connectivity index (χ3n) is 5.85. The summed E-state index contributed by atoms with van der Waals surface area (Å²) < 4.78 is 3.80. The first-order valence-electron chi connectivity index (χ1n) is 10.1. The highest BCUT2D eigenvalue weighted by molar-refractivity contribution is 5.80. The van der Waals surface area contributed by atoms with E-state index in [0.29, 0.717) is 13.1 Å². The zero-order chi connectivity index (χ0) is 20.4. The summed E-state index contributed by atoms with van der Waals surface area (Å²) >= 11 is 0. The number of aryl methyl sites for hydroxylation is 2. The molecule has 3 aromatic rings. The number of carbonyl (C=O) groups excluding carboxylic acids is 1. The molecular formula is C22H28N6O. The van der Waals surface area contributed by atoms with Crippen molar-refractivity contribution in [1.82, 2.24) is 30.2 Å². The molecule has 1 aromatic carbocycles. The van der Waals surface area contributed by atoms with Gasteiger partial charge >= 0.3 is 0 Å². The second-order valence-electron chi connectivity index (χ2n) is 7.83. The highest BCUT2D eigenvalue weighted by Crippen LogP contribution is 2.28. The monoisotopic (exact) mass is 392 g/mol. The highest BCUT2D eigenvalue weighted by Gasteiger charge is 2.34. The SMILES string of the molecule is Cc1nn(Cc2ccccc2)c(C)c1CNC(=O)[C@H]1CNC[C@@H]1c1cnn(C)c1. The van der Waals surface area contributed by atoms with Crippen LogP contribution in [0.15, 0.2) is 42.7 Å². The predicted octanol–water partition coefficient (Wildman–Crippen LogP) is 1.90. The van der Waals surface area contributed by atoms with Crippen molar-refractivity contribution in [2.75, 3.05) is 13.1 Å². The smallest absolute Gasteiger partial charge is 0.225 e. The Morgan fingerprint density at radius 3 is 2.76 bits per heavy atom. The normalized spacial score (nSPS) is 18.9. The van der Waals surface area contributed by atoms with Crippen LogP contribution in [0.25, 0.3) is 0 Å². The molecule has 4 rings (SSSR count). The number of nitrogens with zero attached hydrogens (tertiary/aromatic N) is 4. The average molecular weight is 393 g/mol. The van der Waals surface area contributed by atoms with Crippen molar-refractivity contribution in [3.8, 4) is 0 Å². The van der Waals surface area contributed by atoms with Crippen LogP contribution in [-0.4, -0.2) is 38.6 Å². The second-order valence-corrected chi connectivity index (χ2v) is 7.83. The van der Waals surface area contributed by atoms with E-state index in [1.807, 2.05) is 49.2 Å². The van der Waals surface area contributed by atoms with E-state index in [9.17, 15) is 4.79 Å². The molecule has 2 aromatic heterocycles. The summed E-state index contributed by atoms with van der Waals surface area (Å²) in [5, 5.41) is 15.4. The molecular weight excluding hydrogens is 364 g/mol. The van der Waals surface area contributed by atoms with Gasteiger partial charge in [0, 0.05) is 50.1 Å². The lowest BCUT2D eigenvalue weighted by molar-refractivity contribution is -0.125. The number of hydrogen-bond donors (Lipinski definition) is 2. The van der Waals surface area contributed by atoms with E-state index in [0.717, 1.165) is 35.6 Å². The van der Waals surface area contributed by atoms with Gasteiger partial charge in [0.1, 0.15) is 0 Å². The number of hydrogen-bond acceptors (Lipinski definition) is 4. The van der Waals surface area contributed by atoms with Gasteiger partial charge in [-0.15, -0.1) is 0 Å². The molecule has 1 amide bonds. The molecule has 7 nitrogen and oxygen atoms in total. The summed E-state index contributed by atoms with van der Waals surface area (Å²) in [6, 6.07) is 10.3. The Labute approximate surface area is 171 Å². The Morgan fingerprint density at radius 2 is 2.03 bits per heavy atom. The van der Waals surface area contributed by atoms with Crippen LogP contribution in [0.3, 0.4) is 0 Å². The largest absolute Gasteiger partial charge is 0.352 e. The minimum absolute atomic E-state index is 0.0819. The van der Waals surface area contributed by atoms with Crippen molar-refractivity contribution in [1.29, 1.82) is 0 Å². The fourth-order valence-electron chi connectivity index (χ4n) is 4.14. The number of rotatable bonds is 6. The van der Waals surface area contributed by atoms with Crippen LogP contribution in [0.4, 0.5) is 0 Å². The maximum atomic E-state index is 12.9. The van der Waals surface area contributed by atoms with Gasteiger partial charge in [0.15, 0.2) is 0 Å². The quantitative estimate of drug-likeness (QED) is 0.672. The zero-order valence-electron chi connectivity index (χ0n) is 17.2. The Morgan fingerprint density at radius 1 is 1.24 bits per heavy atom. The zero-order valence-corrected chi connectivity index (χ0v) is 17.2. The fraction of sp³-hybridized carbons (Fsp3) is 0.409. The molecule has 1 aliphatic heterocycles. The standard InChI is InChI=1S/C22H28N6O/c1-15-19(16(2)28(26-15)13-17-7-5-4-6-8-17)12-24-22(29)21-11-23-10-20(21)18-9-25-27(3)14-18/h4-9,14,20-21,23H,10-13H2,1-3H3,(H,24,29)/t20-,21+/m1/s1. The Hall–Kier alpha value is -2.93. The first kappa shape index (κ1) is 19.4. The van der Waals surface area contributed by atoms with Gasteiger partial charge in [0.2, 0.25) is 5.91 Å². The summed E-state index contributed by atoms with van der Waals surface area (Å²) in [6.07, 6.45) is 3.86. The lowest BCUT2D eigenvalue weighted by Crippen LogP contribution is -2.34.